The molecule has 4 aliphatic heterocycles. The Labute approximate surface area is 411 Å². The molecular formula is C37H68N5O27P3. The van der Waals surface area contributed by atoms with E-state index in [0.717, 1.165) is 27.7 Å². The molecule has 0 saturated carbocycles. The van der Waals surface area contributed by atoms with Crippen LogP contribution in [0.3, 0.4) is 0 Å². The van der Waals surface area contributed by atoms with E-state index in [2.05, 4.69) is 21.3 Å². The van der Waals surface area contributed by atoms with Gasteiger partial charge in [-0.1, -0.05) is 0 Å². The van der Waals surface area contributed by atoms with Crippen molar-refractivity contribution in [1.29, 1.82) is 0 Å². The zero-order valence-electron chi connectivity index (χ0n) is 39.3. The minimum atomic E-state index is -5.10. The van der Waals surface area contributed by atoms with Gasteiger partial charge in [0, 0.05) is 34.2 Å². The van der Waals surface area contributed by atoms with E-state index in [1.165, 1.54) is 0 Å². The predicted molar refractivity (Wildman–Crippen MR) is 237 cm³/mol. The van der Waals surface area contributed by atoms with Gasteiger partial charge in [-0.25, -0.2) is 0 Å². The van der Waals surface area contributed by atoms with Crippen LogP contribution in [0.15, 0.2) is 0 Å². The lowest BCUT2D eigenvalue weighted by molar-refractivity contribution is -0.268. The average Bonchev–Trinajstić information content (AvgIpc) is 3.27. The number of aliphatic hydroxyl groups excluding tert-OH is 9. The maximum atomic E-state index is 13.7. The Morgan fingerprint density at radius 3 is 1.04 bits per heavy atom. The molecule has 3 unspecified atom stereocenters. The fourth-order valence-corrected chi connectivity index (χ4v) is 12.2. The lowest BCUT2D eigenvalue weighted by Gasteiger charge is -2.44. The molecular weight excluding hydrogens is 1040 g/mol. The van der Waals surface area contributed by atoms with Crippen LogP contribution in [0.4, 0.5) is 0 Å². The molecule has 4 rings (SSSR count). The zero-order chi connectivity index (χ0) is 54.2. The van der Waals surface area contributed by atoms with Gasteiger partial charge in [0.15, 0.2) is 6.29 Å². The molecule has 4 heterocycles. The molecule has 0 spiro atoms. The molecule has 0 aromatic carbocycles. The summed E-state index contributed by atoms with van der Waals surface area (Å²) in [5, 5.41) is 105. The van der Waals surface area contributed by atoms with Crippen LogP contribution in [-0.2, 0) is 70.1 Å². The summed E-state index contributed by atoms with van der Waals surface area (Å²) in [6, 6.07) is -6.07. The molecule has 72 heavy (non-hydrogen) atoms. The Kier molecular flexibility index (Phi) is 23.1. The summed E-state index contributed by atoms with van der Waals surface area (Å²) >= 11 is 0. The minimum absolute atomic E-state index is 0.0182. The highest BCUT2D eigenvalue weighted by molar-refractivity contribution is 7.53. The van der Waals surface area contributed by atoms with Gasteiger partial charge in [-0.2, -0.15) is 0 Å². The number of hydrogen-bond donors (Lipinski definition) is 17. The molecule has 32 nitrogen and oxygen atoms in total. The van der Waals surface area contributed by atoms with E-state index in [0.29, 0.717) is 0 Å². The van der Waals surface area contributed by atoms with Crippen LogP contribution < -0.4 is 27.0 Å². The third-order valence-corrected chi connectivity index (χ3v) is 16.0. The van der Waals surface area contributed by atoms with E-state index in [9.17, 15) is 93.5 Å². The number of ether oxygens (including phenoxy) is 5. The first-order valence-corrected chi connectivity index (χ1v) is 27.7. The number of amides is 4. The number of carbonyl (C=O) groups excluding carboxylic acids is 4. The minimum Gasteiger partial charge on any atom is -0.394 e. The summed E-state index contributed by atoms with van der Waals surface area (Å²) in [5.74, 6) is -2.99. The van der Waals surface area contributed by atoms with Crippen LogP contribution >= 0.6 is 22.8 Å². The van der Waals surface area contributed by atoms with Crippen LogP contribution in [0.25, 0.3) is 0 Å². The molecule has 23 atom stereocenters. The molecule has 35 heteroatoms. The first-order chi connectivity index (χ1) is 33.4. The SMILES string of the molecule is CC(=O)N[C@@H]1[C@@H](OCCN)O[C@H](COP(=O)(O)C[C@H]2O[C@H](COP(=O)(O)C[C@H]3O[C@H](COP(=O)(O)C[C@H]4O[C@H](CO)[C@@H](O)[C@H](O)[C@@H]4NC(C)=O)[C@@H](O)[C@H](O)[C@@H]3NC(C)=O)[C@@H](O)[C@H](O)[C@@H]2NC(C)=O)[C@@H](O)[C@@H]1O. The maximum absolute atomic E-state index is 13.7. The third-order valence-electron chi connectivity index (χ3n) is 11.9. The van der Waals surface area contributed by atoms with Crippen molar-refractivity contribution in [2.75, 3.05) is 58.1 Å². The van der Waals surface area contributed by atoms with Crippen LogP contribution in [0.1, 0.15) is 27.7 Å². The highest BCUT2D eigenvalue weighted by Gasteiger charge is 2.53. The summed E-state index contributed by atoms with van der Waals surface area (Å²) in [6.07, 6.45) is -31.4. The Hall–Kier alpha value is -2.27. The van der Waals surface area contributed by atoms with Crippen LogP contribution in [0.2, 0.25) is 0 Å². The first kappa shape index (κ1) is 62.3. The topological polar surface area (TPSA) is 510 Å². The molecule has 18 N–H and O–H groups in total. The predicted octanol–water partition coefficient (Wildman–Crippen LogP) is -8.51. The van der Waals surface area contributed by atoms with E-state index < -0.39 is 213 Å². The van der Waals surface area contributed by atoms with Gasteiger partial charge in [0.2, 0.25) is 23.6 Å². The van der Waals surface area contributed by atoms with Gasteiger partial charge in [-0.3, -0.25) is 32.9 Å². The van der Waals surface area contributed by atoms with Crippen molar-refractivity contribution < 1.29 is 131 Å². The molecule has 0 bridgehead atoms. The third kappa shape index (κ3) is 17.1. The highest BCUT2D eigenvalue weighted by atomic mass is 31.2. The second-order valence-electron chi connectivity index (χ2n) is 17.7. The largest absolute Gasteiger partial charge is 0.394 e. The molecule has 4 aliphatic rings. The number of aliphatic hydroxyl groups is 9. The second kappa shape index (κ2) is 26.7. The molecule has 0 radical (unpaired) electrons. The molecule has 4 saturated heterocycles. The van der Waals surface area contributed by atoms with E-state index in [4.69, 9.17) is 43.0 Å². The number of hydrogen-bond acceptors (Lipinski definition) is 25. The van der Waals surface area contributed by atoms with Crippen molar-refractivity contribution in [2.24, 2.45) is 5.73 Å². The van der Waals surface area contributed by atoms with Gasteiger partial charge in [-0.15, -0.1) is 0 Å². The summed E-state index contributed by atoms with van der Waals surface area (Å²) in [6.45, 7) is 0.162. The van der Waals surface area contributed by atoms with Gasteiger partial charge < -0.3 is 125 Å². The van der Waals surface area contributed by atoms with E-state index in [-0.39, 0.29) is 13.2 Å². The first-order valence-electron chi connectivity index (χ1n) is 22.4. The van der Waals surface area contributed by atoms with Crippen molar-refractivity contribution in [1.82, 2.24) is 21.3 Å². The van der Waals surface area contributed by atoms with Gasteiger partial charge in [0.1, 0.15) is 79.3 Å². The smallest absolute Gasteiger partial charge is 0.330 e. The molecule has 0 aliphatic carbocycles. The summed E-state index contributed by atoms with van der Waals surface area (Å²) in [7, 11) is -15.0. The molecule has 418 valence electrons. The van der Waals surface area contributed by atoms with Gasteiger partial charge in [0.05, 0.1) is 88.0 Å². The number of nitrogens with one attached hydrogen (secondary N) is 4. The van der Waals surface area contributed by atoms with Gasteiger partial charge in [0.25, 0.3) is 0 Å². The van der Waals surface area contributed by atoms with Gasteiger partial charge in [-0.05, 0) is 0 Å². The summed E-state index contributed by atoms with van der Waals surface area (Å²) in [4.78, 5) is 80.7. The fourth-order valence-electron chi connectivity index (χ4n) is 8.46. The zero-order valence-corrected chi connectivity index (χ0v) is 42.0. The maximum Gasteiger partial charge on any atom is 0.330 e. The average molecular weight is 1110 g/mol. The van der Waals surface area contributed by atoms with Crippen molar-refractivity contribution in [3.8, 4) is 0 Å². The van der Waals surface area contributed by atoms with E-state index in [1.54, 1.807) is 0 Å². The lowest BCUT2D eigenvalue weighted by Crippen LogP contribution is -2.65. The van der Waals surface area contributed by atoms with Crippen molar-refractivity contribution in [2.45, 2.75) is 150 Å². The molecule has 0 aromatic heterocycles. The highest BCUT2D eigenvalue weighted by Crippen LogP contribution is 2.49. The fraction of sp³-hybridized carbons (Fsp3) is 0.892. The molecule has 4 fully saturated rings. The van der Waals surface area contributed by atoms with E-state index >= 15 is 0 Å². The number of rotatable bonds is 23. The molecule has 0 aromatic rings. The quantitative estimate of drug-likeness (QED) is 0.0423. The summed E-state index contributed by atoms with van der Waals surface area (Å²) < 4.78 is 84.1. The Bertz CT molecular complexity index is 1980. The monoisotopic (exact) mass is 1110 g/mol. The van der Waals surface area contributed by atoms with Crippen molar-refractivity contribution >= 4 is 46.4 Å². The number of nitrogens with two attached hydrogens (primary N) is 1. The normalized spacial score (nSPS) is 39.8. The van der Waals surface area contributed by atoms with Crippen molar-refractivity contribution in [3.05, 3.63) is 0 Å². The van der Waals surface area contributed by atoms with Crippen molar-refractivity contribution in [3.63, 3.8) is 0 Å². The molecule has 4 amide bonds. The standard InChI is InChI=1S/C37H68N5O27P3/c1-14(44)39-25-22(66-18(7-43)29(48)33(25)52)11-70(56,57)63-8-19-30(49)34(53)26(40-15(2)45)23(67-19)12-71(58,59)64-9-20-31(50)35(54)27(41-16(3)46)24(68-20)13-72(60,61)65-10-21-32(51)36(55)28(42-17(4)47)37(69-21)62-6-5-38/h18-37,43,48-55H,5-13,38H2,1-4H3,(H,39,44)(H,40,45)(H,41,46)(H,42,47)(H,56,57)(H,58,59)(H,60,61)/t18-,19-,20-,21-,22-,23-,24-,25-,26-,27-,28+,29-,30-,31-,32-,33-,34-,35-,36-,37+/m1/s1. The van der Waals surface area contributed by atoms with Crippen LogP contribution in [-0.4, -0.2) is 264 Å². The Morgan fingerprint density at radius 1 is 0.458 bits per heavy atom. The second-order valence-corrected chi connectivity index (χ2v) is 23.4. The van der Waals surface area contributed by atoms with Gasteiger partial charge >= 0.3 is 22.8 Å². The summed E-state index contributed by atoms with van der Waals surface area (Å²) in [5.41, 5.74) is 5.48. The Balaban J connectivity index is 1.46. The lowest BCUT2D eigenvalue weighted by atomic mass is 9.93. The van der Waals surface area contributed by atoms with Crippen LogP contribution in [0.5, 0.6) is 0 Å². The number of carbonyl (C=O) groups is 4. The Morgan fingerprint density at radius 2 is 0.736 bits per heavy atom. The van der Waals surface area contributed by atoms with E-state index in [1.807, 2.05) is 0 Å². The van der Waals surface area contributed by atoms with Crippen LogP contribution in [0, 0.1) is 0 Å².